The van der Waals surface area contributed by atoms with E-state index in [1.165, 1.54) is 13.8 Å². The topological polar surface area (TPSA) is 98.9 Å². The third kappa shape index (κ3) is 2.82. The zero-order valence-corrected chi connectivity index (χ0v) is 14.5. The Bertz CT molecular complexity index is 793. The zero-order valence-electron chi connectivity index (χ0n) is 13.8. The number of rotatable bonds is 3. The first-order chi connectivity index (χ1) is 11.8. The van der Waals surface area contributed by atoms with E-state index in [4.69, 9.17) is 16.4 Å². The fraction of sp³-hybridized carbons (Fsp3) is 0.471. The summed E-state index contributed by atoms with van der Waals surface area (Å²) >= 11 is 6.27. The summed E-state index contributed by atoms with van der Waals surface area (Å²) in [4.78, 5) is 41.4. The van der Waals surface area contributed by atoms with Crippen LogP contribution in [-0.4, -0.2) is 33.8 Å². The standard InChI is InChI=1S/C17H17ClN2O5/c1-9-16(20(23)24)17(25-19-9)7-12(11-5-3-4-6-13(11)18)15(10(2)21)14(22)8-17/h3-6,12,15-16H,7-8H2,1-2H3/t12-,15+,16+,17-/m1/s1. The van der Waals surface area contributed by atoms with E-state index < -0.39 is 28.4 Å². The smallest absolute Gasteiger partial charge is 0.295 e. The van der Waals surface area contributed by atoms with Crippen molar-refractivity contribution in [2.45, 2.75) is 44.2 Å². The van der Waals surface area contributed by atoms with E-state index in [0.717, 1.165) is 0 Å². The van der Waals surface area contributed by atoms with Crippen molar-refractivity contribution in [3.05, 3.63) is 45.0 Å². The summed E-state index contributed by atoms with van der Waals surface area (Å²) in [6.45, 7) is 2.86. The van der Waals surface area contributed by atoms with Gasteiger partial charge in [0.2, 0.25) is 5.60 Å². The van der Waals surface area contributed by atoms with E-state index in [2.05, 4.69) is 5.16 Å². The SMILES string of the molecule is CC(=O)[C@@H]1C(=O)C[C@@]2(C[C@@H]1c1ccccc1Cl)ON=C(C)[C@@H]2[N+](=O)[O-]. The summed E-state index contributed by atoms with van der Waals surface area (Å²) in [6, 6.07) is 5.69. The minimum Gasteiger partial charge on any atom is -0.381 e. The van der Waals surface area contributed by atoms with E-state index in [1.54, 1.807) is 24.3 Å². The average molecular weight is 365 g/mol. The number of carbonyl (C=O) groups is 2. The predicted octanol–water partition coefficient (Wildman–Crippen LogP) is 2.78. The Morgan fingerprint density at radius 3 is 2.72 bits per heavy atom. The van der Waals surface area contributed by atoms with Gasteiger partial charge in [-0.15, -0.1) is 0 Å². The normalized spacial score (nSPS) is 31.6. The van der Waals surface area contributed by atoms with Crippen molar-refractivity contribution in [1.82, 2.24) is 0 Å². The maximum absolute atomic E-state index is 12.7. The number of hydrogen-bond acceptors (Lipinski definition) is 6. The van der Waals surface area contributed by atoms with Crippen molar-refractivity contribution < 1.29 is 19.3 Å². The number of carbonyl (C=O) groups excluding carboxylic acids is 2. The summed E-state index contributed by atoms with van der Waals surface area (Å²) in [6.07, 6.45) is -0.0934. The number of benzene rings is 1. The van der Waals surface area contributed by atoms with Gasteiger partial charge in [0, 0.05) is 22.3 Å². The van der Waals surface area contributed by atoms with Crippen LogP contribution in [0.1, 0.15) is 38.2 Å². The first kappa shape index (κ1) is 17.5. The molecule has 1 heterocycles. The molecular weight excluding hydrogens is 348 g/mol. The number of ketones is 2. The highest BCUT2D eigenvalue weighted by molar-refractivity contribution is 6.31. The molecule has 3 rings (SSSR count). The molecule has 4 atom stereocenters. The molecule has 1 fully saturated rings. The van der Waals surface area contributed by atoms with E-state index in [1.807, 2.05) is 0 Å². The van der Waals surface area contributed by atoms with Gasteiger partial charge in [0.1, 0.15) is 17.3 Å². The van der Waals surface area contributed by atoms with Gasteiger partial charge >= 0.3 is 0 Å². The Labute approximate surface area is 149 Å². The molecule has 1 aromatic rings. The maximum Gasteiger partial charge on any atom is 0.295 e. The van der Waals surface area contributed by atoms with Crippen LogP contribution in [0.15, 0.2) is 29.4 Å². The van der Waals surface area contributed by atoms with Crippen LogP contribution in [0, 0.1) is 16.0 Å². The van der Waals surface area contributed by atoms with Crippen molar-refractivity contribution in [2.75, 3.05) is 0 Å². The second-order valence-electron chi connectivity index (χ2n) is 6.64. The molecule has 1 saturated carbocycles. The van der Waals surface area contributed by atoms with Gasteiger partial charge in [-0.25, -0.2) is 0 Å². The molecule has 0 aromatic heterocycles. The van der Waals surface area contributed by atoms with Gasteiger partial charge in [-0.3, -0.25) is 19.7 Å². The van der Waals surface area contributed by atoms with Gasteiger partial charge in [-0.2, -0.15) is 0 Å². The molecule has 1 aliphatic carbocycles. The van der Waals surface area contributed by atoms with Crippen LogP contribution >= 0.6 is 11.6 Å². The first-order valence-electron chi connectivity index (χ1n) is 7.90. The van der Waals surface area contributed by atoms with E-state index in [9.17, 15) is 19.7 Å². The van der Waals surface area contributed by atoms with Crippen molar-refractivity contribution in [3.63, 3.8) is 0 Å². The number of halogens is 1. The molecule has 1 aliphatic heterocycles. The number of oxime groups is 1. The Balaban J connectivity index is 2.08. The molecule has 7 nitrogen and oxygen atoms in total. The molecular formula is C17H17ClN2O5. The van der Waals surface area contributed by atoms with Crippen LogP contribution in [0.3, 0.4) is 0 Å². The monoisotopic (exact) mass is 364 g/mol. The molecule has 0 unspecified atom stereocenters. The van der Waals surface area contributed by atoms with E-state index in [0.29, 0.717) is 10.6 Å². The van der Waals surface area contributed by atoms with Gasteiger partial charge < -0.3 is 4.84 Å². The van der Waals surface area contributed by atoms with Crippen molar-refractivity contribution in [3.8, 4) is 0 Å². The highest BCUT2D eigenvalue weighted by Gasteiger charge is 2.62. The number of hydrogen-bond donors (Lipinski definition) is 0. The van der Waals surface area contributed by atoms with Gasteiger partial charge in [0.25, 0.3) is 6.04 Å². The molecule has 8 heteroatoms. The zero-order chi connectivity index (χ0) is 18.4. The average Bonchev–Trinajstić information content (AvgIpc) is 2.82. The number of Topliss-reactive ketones (excluding diaryl/α,β-unsaturated/α-hetero) is 2. The largest absolute Gasteiger partial charge is 0.381 e. The van der Waals surface area contributed by atoms with Crippen molar-refractivity contribution >= 4 is 28.9 Å². The highest BCUT2D eigenvalue weighted by Crippen LogP contribution is 2.48. The molecule has 0 saturated heterocycles. The summed E-state index contributed by atoms with van der Waals surface area (Å²) < 4.78 is 0. The van der Waals surface area contributed by atoms with Gasteiger partial charge in [0.05, 0.1) is 12.3 Å². The highest BCUT2D eigenvalue weighted by atomic mass is 35.5. The summed E-state index contributed by atoms with van der Waals surface area (Å²) in [5.41, 5.74) is -0.537. The Hall–Kier alpha value is -2.28. The maximum atomic E-state index is 12.7. The fourth-order valence-electron chi connectivity index (χ4n) is 4.03. The van der Waals surface area contributed by atoms with Crippen LogP contribution in [0.5, 0.6) is 0 Å². The molecule has 0 radical (unpaired) electrons. The Morgan fingerprint density at radius 2 is 2.12 bits per heavy atom. The molecule has 25 heavy (non-hydrogen) atoms. The minimum absolute atomic E-state index is 0.124. The third-order valence-electron chi connectivity index (χ3n) is 5.01. The minimum atomic E-state index is -1.37. The van der Waals surface area contributed by atoms with Gasteiger partial charge in [0.15, 0.2) is 0 Å². The molecule has 0 bridgehead atoms. The third-order valence-corrected chi connectivity index (χ3v) is 5.35. The van der Waals surface area contributed by atoms with Crippen LogP contribution in [0.4, 0.5) is 0 Å². The van der Waals surface area contributed by atoms with E-state index in [-0.39, 0.29) is 30.1 Å². The predicted molar refractivity (Wildman–Crippen MR) is 90.3 cm³/mol. The molecule has 1 spiro atoms. The summed E-state index contributed by atoms with van der Waals surface area (Å²) in [7, 11) is 0. The fourth-order valence-corrected chi connectivity index (χ4v) is 4.31. The summed E-state index contributed by atoms with van der Waals surface area (Å²) in [5.74, 6) is -2.13. The van der Waals surface area contributed by atoms with Crippen LogP contribution in [-0.2, 0) is 14.4 Å². The second-order valence-corrected chi connectivity index (χ2v) is 7.05. The quantitative estimate of drug-likeness (QED) is 0.466. The summed E-state index contributed by atoms with van der Waals surface area (Å²) in [5, 5.41) is 15.7. The lowest BCUT2D eigenvalue weighted by Crippen LogP contribution is -2.55. The van der Waals surface area contributed by atoms with Crippen LogP contribution in [0.2, 0.25) is 5.02 Å². The Kier molecular flexibility index (Phi) is 4.36. The number of nitrogens with zero attached hydrogens (tertiary/aromatic N) is 2. The first-order valence-corrected chi connectivity index (χ1v) is 8.28. The van der Waals surface area contributed by atoms with Crippen molar-refractivity contribution in [2.24, 2.45) is 11.1 Å². The lowest BCUT2D eigenvalue weighted by molar-refractivity contribution is -0.523. The molecule has 1 aromatic carbocycles. The molecule has 2 aliphatic rings. The van der Waals surface area contributed by atoms with Crippen LogP contribution in [0.25, 0.3) is 0 Å². The molecule has 132 valence electrons. The van der Waals surface area contributed by atoms with Crippen molar-refractivity contribution in [1.29, 1.82) is 0 Å². The van der Waals surface area contributed by atoms with E-state index >= 15 is 0 Å². The lowest BCUT2D eigenvalue weighted by Gasteiger charge is -2.39. The lowest BCUT2D eigenvalue weighted by atomic mass is 9.64. The van der Waals surface area contributed by atoms with Gasteiger partial charge in [-0.1, -0.05) is 35.0 Å². The molecule has 0 amide bonds. The second kappa shape index (κ2) is 6.22. The number of nitro groups is 1. The van der Waals surface area contributed by atoms with Gasteiger partial charge in [-0.05, 0) is 25.5 Å². The Morgan fingerprint density at radius 1 is 1.44 bits per heavy atom. The molecule has 0 N–H and O–H groups in total. The van der Waals surface area contributed by atoms with Crippen LogP contribution < -0.4 is 0 Å².